The molecule has 1 aromatic carbocycles. The van der Waals surface area contributed by atoms with E-state index in [0.717, 1.165) is 5.56 Å². The third-order valence-corrected chi connectivity index (χ3v) is 2.11. The van der Waals surface area contributed by atoms with Crippen molar-refractivity contribution in [3.63, 3.8) is 0 Å². The van der Waals surface area contributed by atoms with Crippen LogP contribution in [-0.4, -0.2) is 17.5 Å². The molecule has 0 atom stereocenters. The van der Waals surface area contributed by atoms with Crippen molar-refractivity contribution < 1.29 is 14.7 Å². The maximum Gasteiger partial charge on any atom is 0.336 e. The molecule has 0 saturated heterocycles. The van der Waals surface area contributed by atoms with Gasteiger partial charge in [0.1, 0.15) is 0 Å². The van der Waals surface area contributed by atoms with Crippen molar-refractivity contribution in [2.45, 2.75) is 13.8 Å². The highest BCUT2D eigenvalue weighted by Crippen LogP contribution is 2.22. The van der Waals surface area contributed by atoms with E-state index in [1.807, 2.05) is 6.92 Å². The molecule has 4 heteroatoms. The number of rotatable bonds is 3. The molecule has 0 fully saturated rings. The molecule has 0 aliphatic rings. The van der Waals surface area contributed by atoms with Crippen LogP contribution in [0.25, 0.3) is 0 Å². The molecule has 4 nitrogen and oxygen atoms in total. The minimum atomic E-state index is -0.989. The van der Waals surface area contributed by atoms with Gasteiger partial charge in [0.05, 0.1) is 5.56 Å². The van der Waals surface area contributed by atoms with Gasteiger partial charge in [-0.15, -0.1) is 0 Å². The van der Waals surface area contributed by atoms with Gasteiger partial charge in [0, 0.05) is 5.69 Å². The van der Waals surface area contributed by atoms with Crippen LogP contribution in [0.4, 0.5) is 5.69 Å². The van der Waals surface area contributed by atoms with Crippen molar-refractivity contribution >= 4 is 18.1 Å². The standard InChI is InChI=1S/C10H11NO3/c1-6-3-4-8(10(13)14)7(2)9(6)11-5-12/h3-5H,1-2H3,(H,11,12)(H,13,14). The van der Waals surface area contributed by atoms with E-state index < -0.39 is 5.97 Å². The van der Waals surface area contributed by atoms with Crippen molar-refractivity contribution in [1.82, 2.24) is 0 Å². The van der Waals surface area contributed by atoms with E-state index in [-0.39, 0.29) is 5.56 Å². The number of hydrogen-bond acceptors (Lipinski definition) is 2. The molecule has 0 aliphatic carbocycles. The summed E-state index contributed by atoms with van der Waals surface area (Å²) in [6, 6.07) is 3.20. The van der Waals surface area contributed by atoms with Gasteiger partial charge in [0.25, 0.3) is 0 Å². The molecular formula is C10H11NO3. The van der Waals surface area contributed by atoms with E-state index in [4.69, 9.17) is 5.11 Å². The molecule has 1 rings (SSSR count). The Morgan fingerprint density at radius 1 is 1.43 bits per heavy atom. The predicted octanol–water partition coefficient (Wildman–Crippen LogP) is 1.57. The zero-order valence-electron chi connectivity index (χ0n) is 8.00. The normalized spacial score (nSPS) is 9.57. The van der Waals surface area contributed by atoms with Gasteiger partial charge in [-0.05, 0) is 31.0 Å². The molecule has 1 amide bonds. The average Bonchev–Trinajstić information content (AvgIpc) is 2.11. The summed E-state index contributed by atoms with van der Waals surface area (Å²) in [5.74, 6) is -0.989. The summed E-state index contributed by atoms with van der Waals surface area (Å²) >= 11 is 0. The summed E-state index contributed by atoms with van der Waals surface area (Å²) in [6.07, 6.45) is 0.543. The topological polar surface area (TPSA) is 66.4 Å². The lowest BCUT2D eigenvalue weighted by atomic mass is 10.0. The number of aryl methyl sites for hydroxylation is 1. The Kier molecular flexibility index (Phi) is 2.86. The smallest absolute Gasteiger partial charge is 0.336 e. The van der Waals surface area contributed by atoms with E-state index in [1.54, 1.807) is 13.0 Å². The maximum absolute atomic E-state index is 10.8. The molecule has 0 heterocycles. The number of carbonyl (C=O) groups is 2. The Hall–Kier alpha value is -1.84. The molecule has 0 spiro atoms. The highest BCUT2D eigenvalue weighted by atomic mass is 16.4. The van der Waals surface area contributed by atoms with Gasteiger partial charge < -0.3 is 10.4 Å². The summed E-state index contributed by atoms with van der Waals surface area (Å²) in [7, 11) is 0. The van der Waals surface area contributed by atoms with Crippen LogP contribution in [0.15, 0.2) is 12.1 Å². The zero-order valence-corrected chi connectivity index (χ0v) is 8.00. The van der Waals surface area contributed by atoms with Crippen LogP contribution in [0.1, 0.15) is 21.5 Å². The SMILES string of the molecule is Cc1ccc(C(=O)O)c(C)c1NC=O. The van der Waals surface area contributed by atoms with Gasteiger partial charge >= 0.3 is 5.97 Å². The minimum absolute atomic E-state index is 0.208. The Morgan fingerprint density at radius 2 is 2.07 bits per heavy atom. The first-order valence-electron chi connectivity index (χ1n) is 4.11. The quantitative estimate of drug-likeness (QED) is 0.716. The Labute approximate surface area is 81.6 Å². The second kappa shape index (κ2) is 3.91. The lowest BCUT2D eigenvalue weighted by molar-refractivity contribution is -0.105. The zero-order chi connectivity index (χ0) is 10.7. The highest BCUT2D eigenvalue weighted by Gasteiger charge is 2.11. The van der Waals surface area contributed by atoms with Crippen molar-refractivity contribution in [1.29, 1.82) is 0 Å². The number of aromatic carboxylic acids is 1. The van der Waals surface area contributed by atoms with E-state index in [1.165, 1.54) is 6.07 Å². The molecule has 0 bridgehead atoms. The van der Waals surface area contributed by atoms with E-state index in [9.17, 15) is 9.59 Å². The predicted molar refractivity (Wildman–Crippen MR) is 52.6 cm³/mol. The average molecular weight is 193 g/mol. The lowest BCUT2D eigenvalue weighted by Gasteiger charge is -2.10. The van der Waals surface area contributed by atoms with Crippen LogP contribution in [0.2, 0.25) is 0 Å². The fraction of sp³-hybridized carbons (Fsp3) is 0.200. The number of anilines is 1. The van der Waals surface area contributed by atoms with Crippen molar-refractivity contribution in [2.24, 2.45) is 0 Å². The van der Waals surface area contributed by atoms with Gasteiger partial charge in [-0.3, -0.25) is 4.79 Å². The van der Waals surface area contributed by atoms with E-state index >= 15 is 0 Å². The minimum Gasteiger partial charge on any atom is -0.478 e. The molecule has 14 heavy (non-hydrogen) atoms. The fourth-order valence-electron chi connectivity index (χ4n) is 1.36. The maximum atomic E-state index is 10.8. The van der Waals surface area contributed by atoms with Crippen LogP contribution in [0, 0.1) is 13.8 Å². The van der Waals surface area contributed by atoms with Crippen molar-refractivity contribution in [2.75, 3.05) is 5.32 Å². The summed E-state index contributed by atoms with van der Waals surface area (Å²) in [5.41, 5.74) is 2.20. The third-order valence-electron chi connectivity index (χ3n) is 2.11. The molecule has 2 N–H and O–H groups in total. The van der Waals surface area contributed by atoms with Gasteiger partial charge in [-0.1, -0.05) is 6.07 Å². The van der Waals surface area contributed by atoms with Crippen LogP contribution in [0.3, 0.4) is 0 Å². The van der Waals surface area contributed by atoms with Crippen molar-refractivity contribution in [3.05, 3.63) is 28.8 Å². The first kappa shape index (κ1) is 10.2. The number of benzene rings is 1. The van der Waals surface area contributed by atoms with E-state index in [2.05, 4.69) is 5.32 Å². The van der Waals surface area contributed by atoms with Crippen LogP contribution in [0.5, 0.6) is 0 Å². The summed E-state index contributed by atoms with van der Waals surface area (Å²) in [5, 5.41) is 11.3. The van der Waals surface area contributed by atoms with Gasteiger partial charge in [-0.2, -0.15) is 0 Å². The molecule has 0 aromatic heterocycles. The van der Waals surface area contributed by atoms with Gasteiger partial charge in [0.15, 0.2) is 0 Å². The van der Waals surface area contributed by atoms with Gasteiger partial charge in [-0.25, -0.2) is 4.79 Å². The summed E-state index contributed by atoms with van der Waals surface area (Å²) < 4.78 is 0. The Bertz CT molecular complexity index is 385. The Morgan fingerprint density at radius 3 is 2.57 bits per heavy atom. The second-order valence-electron chi connectivity index (χ2n) is 3.00. The number of nitrogens with one attached hydrogen (secondary N) is 1. The molecule has 0 saturated carbocycles. The van der Waals surface area contributed by atoms with Crippen LogP contribution in [-0.2, 0) is 4.79 Å². The monoisotopic (exact) mass is 193 g/mol. The number of carboxylic acid groups (broad SMARTS) is 1. The van der Waals surface area contributed by atoms with Crippen LogP contribution >= 0.6 is 0 Å². The first-order valence-corrected chi connectivity index (χ1v) is 4.11. The largest absolute Gasteiger partial charge is 0.478 e. The fourth-order valence-corrected chi connectivity index (χ4v) is 1.36. The van der Waals surface area contributed by atoms with Crippen molar-refractivity contribution in [3.8, 4) is 0 Å². The second-order valence-corrected chi connectivity index (χ2v) is 3.00. The number of carboxylic acids is 1. The molecule has 0 radical (unpaired) electrons. The molecule has 0 unspecified atom stereocenters. The molecule has 74 valence electrons. The lowest BCUT2D eigenvalue weighted by Crippen LogP contribution is -2.05. The molecule has 1 aromatic rings. The van der Waals surface area contributed by atoms with Crippen LogP contribution < -0.4 is 5.32 Å². The number of amides is 1. The summed E-state index contributed by atoms with van der Waals surface area (Å²) in [6.45, 7) is 3.48. The number of hydrogen-bond donors (Lipinski definition) is 2. The summed E-state index contributed by atoms with van der Waals surface area (Å²) in [4.78, 5) is 21.1. The first-order chi connectivity index (χ1) is 6.57. The highest BCUT2D eigenvalue weighted by molar-refractivity contribution is 5.93. The van der Waals surface area contributed by atoms with E-state index in [0.29, 0.717) is 17.7 Å². The Balaban J connectivity index is 3.32. The molecule has 0 aliphatic heterocycles. The molecular weight excluding hydrogens is 182 g/mol. The van der Waals surface area contributed by atoms with Gasteiger partial charge in [0.2, 0.25) is 6.41 Å². The third kappa shape index (κ3) is 1.74. The number of carbonyl (C=O) groups excluding carboxylic acids is 1.